The molecular weight excluding hydrogens is 204 g/mol. The van der Waals surface area contributed by atoms with Gasteiger partial charge in [0.15, 0.2) is 0 Å². The lowest BCUT2D eigenvalue weighted by atomic mass is 10.5. The SMILES string of the molecule is [O-][S+](c1ccccn1)c1nccs1. The molecule has 0 aliphatic rings. The Morgan fingerprint density at radius 2 is 2.15 bits per heavy atom. The van der Waals surface area contributed by atoms with Crippen molar-refractivity contribution in [3.8, 4) is 0 Å². The van der Waals surface area contributed by atoms with E-state index >= 15 is 0 Å². The molecule has 2 heterocycles. The van der Waals surface area contributed by atoms with Crippen molar-refractivity contribution in [2.24, 2.45) is 0 Å². The highest BCUT2D eigenvalue weighted by Gasteiger charge is 2.17. The molecule has 13 heavy (non-hydrogen) atoms. The highest BCUT2D eigenvalue weighted by Crippen LogP contribution is 2.19. The molecule has 66 valence electrons. The molecule has 2 rings (SSSR count). The second-order valence-corrected chi connectivity index (χ2v) is 4.73. The molecular formula is C8H6N2OS2. The molecule has 0 aliphatic carbocycles. The molecule has 2 aromatic heterocycles. The van der Waals surface area contributed by atoms with Crippen LogP contribution in [-0.4, -0.2) is 14.5 Å². The van der Waals surface area contributed by atoms with Crippen LogP contribution in [0, 0.1) is 0 Å². The summed E-state index contributed by atoms with van der Waals surface area (Å²) in [5.74, 6) is 0. The van der Waals surface area contributed by atoms with Gasteiger partial charge in [-0.2, -0.15) is 4.98 Å². The fourth-order valence-corrected chi connectivity index (χ4v) is 2.67. The number of aromatic nitrogens is 2. The van der Waals surface area contributed by atoms with Gasteiger partial charge >= 0.3 is 4.34 Å². The summed E-state index contributed by atoms with van der Waals surface area (Å²) in [5.41, 5.74) is 0. The Morgan fingerprint density at radius 1 is 1.23 bits per heavy atom. The minimum atomic E-state index is -1.22. The van der Waals surface area contributed by atoms with Crippen molar-refractivity contribution in [3.05, 3.63) is 36.0 Å². The van der Waals surface area contributed by atoms with Gasteiger partial charge in [-0.15, -0.1) is 0 Å². The average molecular weight is 210 g/mol. The van der Waals surface area contributed by atoms with Crippen LogP contribution in [-0.2, 0) is 11.2 Å². The highest BCUT2D eigenvalue weighted by atomic mass is 32.2. The van der Waals surface area contributed by atoms with Crippen LogP contribution >= 0.6 is 11.3 Å². The zero-order chi connectivity index (χ0) is 9.10. The maximum Gasteiger partial charge on any atom is 0.308 e. The predicted octanol–water partition coefficient (Wildman–Crippen LogP) is 1.70. The van der Waals surface area contributed by atoms with Crippen molar-refractivity contribution < 1.29 is 4.55 Å². The molecule has 0 radical (unpaired) electrons. The Hall–Kier alpha value is -0.910. The third-order valence-electron chi connectivity index (χ3n) is 1.40. The van der Waals surface area contributed by atoms with E-state index in [4.69, 9.17) is 0 Å². The number of hydrogen-bond donors (Lipinski definition) is 0. The van der Waals surface area contributed by atoms with Crippen LogP contribution in [0.15, 0.2) is 45.3 Å². The van der Waals surface area contributed by atoms with Crippen LogP contribution in [0.1, 0.15) is 0 Å². The van der Waals surface area contributed by atoms with Crippen LogP contribution in [0.3, 0.4) is 0 Å². The van der Waals surface area contributed by atoms with E-state index in [0.29, 0.717) is 9.37 Å². The zero-order valence-corrected chi connectivity index (χ0v) is 8.22. The molecule has 0 N–H and O–H groups in total. The van der Waals surface area contributed by atoms with Crippen LogP contribution < -0.4 is 0 Å². The Morgan fingerprint density at radius 3 is 2.77 bits per heavy atom. The summed E-state index contributed by atoms with van der Waals surface area (Å²) in [6.07, 6.45) is 3.27. The Kier molecular flexibility index (Phi) is 2.58. The van der Waals surface area contributed by atoms with E-state index in [2.05, 4.69) is 9.97 Å². The Bertz CT molecular complexity index is 363. The quantitative estimate of drug-likeness (QED) is 0.709. The largest absolute Gasteiger partial charge is 0.603 e. The molecule has 0 saturated heterocycles. The van der Waals surface area contributed by atoms with E-state index in [-0.39, 0.29) is 0 Å². The molecule has 0 amide bonds. The molecule has 1 atom stereocenters. The van der Waals surface area contributed by atoms with Crippen molar-refractivity contribution in [1.82, 2.24) is 9.97 Å². The molecule has 0 saturated carbocycles. The van der Waals surface area contributed by atoms with Crippen molar-refractivity contribution in [2.45, 2.75) is 9.37 Å². The van der Waals surface area contributed by atoms with E-state index < -0.39 is 11.2 Å². The third-order valence-corrected chi connectivity index (χ3v) is 3.75. The summed E-state index contributed by atoms with van der Waals surface area (Å²) < 4.78 is 12.3. The molecule has 0 spiro atoms. The summed E-state index contributed by atoms with van der Waals surface area (Å²) in [6, 6.07) is 5.34. The van der Waals surface area contributed by atoms with Gasteiger partial charge in [0.25, 0.3) is 5.03 Å². The molecule has 1 unspecified atom stereocenters. The first-order chi connectivity index (χ1) is 6.38. The van der Waals surface area contributed by atoms with E-state index in [1.807, 2.05) is 6.07 Å². The van der Waals surface area contributed by atoms with Gasteiger partial charge < -0.3 is 4.55 Å². The van der Waals surface area contributed by atoms with E-state index in [1.165, 1.54) is 11.3 Å². The van der Waals surface area contributed by atoms with Crippen molar-refractivity contribution in [3.63, 3.8) is 0 Å². The summed E-state index contributed by atoms with van der Waals surface area (Å²) in [4.78, 5) is 7.97. The summed E-state index contributed by atoms with van der Waals surface area (Å²) >= 11 is 0.155. The van der Waals surface area contributed by atoms with Crippen LogP contribution in [0.4, 0.5) is 0 Å². The van der Waals surface area contributed by atoms with Gasteiger partial charge in [-0.05, 0) is 6.07 Å². The standard InChI is InChI=1S/C8H6N2OS2/c11-13(8-10-5-6-12-8)7-3-1-2-4-9-7/h1-6H. The lowest BCUT2D eigenvalue weighted by molar-refractivity contribution is 0.590. The van der Waals surface area contributed by atoms with Gasteiger partial charge in [-0.25, -0.2) is 4.98 Å². The van der Waals surface area contributed by atoms with Crippen LogP contribution in [0.5, 0.6) is 0 Å². The Balaban J connectivity index is 2.29. The van der Waals surface area contributed by atoms with Gasteiger partial charge in [0, 0.05) is 23.8 Å². The second kappa shape index (κ2) is 3.87. The number of thiazole rings is 1. The van der Waals surface area contributed by atoms with Gasteiger partial charge in [-0.1, -0.05) is 17.4 Å². The van der Waals surface area contributed by atoms with Gasteiger partial charge in [0.2, 0.25) is 0 Å². The molecule has 2 aromatic rings. The van der Waals surface area contributed by atoms with E-state index in [9.17, 15) is 4.55 Å². The molecule has 0 bridgehead atoms. The van der Waals surface area contributed by atoms with Gasteiger partial charge in [0.05, 0.1) is 11.2 Å². The van der Waals surface area contributed by atoms with Crippen LogP contribution in [0.2, 0.25) is 0 Å². The van der Waals surface area contributed by atoms with E-state index in [0.717, 1.165) is 0 Å². The fourth-order valence-electron chi connectivity index (χ4n) is 0.848. The lowest BCUT2D eigenvalue weighted by Crippen LogP contribution is -2.03. The second-order valence-electron chi connectivity index (χ2n) is 2.23. The first-order valence-electron chi connectivity index (χ1n) is 3.60. The smallest absolute Gasteiger partial charge is 0.308 e. The minimum Gasteiger partial charge on any atom is -0.603 e. The maximum atomic E-state index is 11.7. The van der Waals surface area contributed by atoms with E-state index in [1.54, 1.807) is 29.9 Å². The molecule has 0 aliphatic heterocycles. The van der Waals surface area contributed by atoms with Gasteiger partial charge in [0.1, 0.15) is 0 Å². The monoisotopic (exact) mass is 210 g/mol. The summed E-state index contributed by atoms with van der Waals surface area (Å²) in [6.45, 7) is 0. The third kappa shape index (κ3) is 1.88. The highest BCUT2D eigenvalue weighted by molar-refractivity contribution is 7.93. The van der Waals surface area contributed by atoms with Gasteiger partial charge in [-0.3, -0.25) is 0 Å². The zero-order valence-electron chi connectivity index (χ0n) is 6.58. The molecule has 3 nitrogen and oxygen atoms in total. The summed E-state index contributed by atoms with van der Waals surface area (Å²) in [7, 11) is 0. The molecule has 0 fully saturated rings. The molecule has 0 aromatic carbocycles. The summed E-state index contributed by atoms with van der Waals surface area (Å²) in [5, 5.41) is 2.35. The van der Waals surface area contributed by atoms with Crippen LogP contribution in [0.25, 0.3) is 0 Å². The molecule has 5 heteroatoms. The predicted molar refractivity (Wildman–Crippen MR) is 51.0 cm³/mol. The minimum absolute atomic E-state index is 0.553. The number of pyridine rings is 1. The lowest BCUT2D eigenvalue weighted by Gasteiger charge is -2.02. The number of rotatable bonds is 2. The first-order valence-corrected chi connectivity index (χ1v) is 5.63. The first kappa shape index (κ1) is 8.68. The Labute approximate surface area is 82.7 Å². The number of nitrogens with zero attached hydrogens (tertiary/aromatic N) is 2. The number of hydrogen-bond acceptors (Lipinski definition) is 4. The average Bonchev–Trinajstić information content (AvgIpc) is 2.71. The topological polar surface area (TPSA) is 48.8 Å². The normalized spacial score (nSPS) is 12.7. The fraction of sp³-hybridized carbons (Fsp3) is 0. The van der Waals surface area contributed by atoms with Crippen molar-refractivity contribution >= 4 is 22.5 Å². The van der Waals surface area contributed by atoms with Crippen molar-refractivity contribution in [1.29, 1.82) is 0 Å². The maximum absolute atomic E-state index is 11.7. The van der Waals surface area contributed by atoms with Crippen molar-refractivity contribution in [2.75, 3.05) is 0 Å².